The second kappa shape index (κ2) is 14.0. The standard InChI is InChI=1S/C29H39N3O5/c1-34-27-8-10-28(11-9-27)37-23-26(33)22-31(14-13-30-15-17-36-18-16-30)21-25-6-4-12-32(25)20-24-5-3-7-29(19-24)35-2/h3-12,19,26,33H,13-18,20-23H2,1-2H3. The van der Waals surface area contributed by atoms with Crippen LogP contribution in [0.2, 0.25) is 0 Å². The normalized spacial score (nSPS) is 15.0. The summed E-state index contributed by atoms with van der Waals surface area (Å²) in [6, 6.07) is 19.8. The third-order valence-corrected chi connectivity index (χ3v) is 6.60. The van der Waals surface area contributed by atoms with Gasteiger partial charge in [-0.1, -0.05) is 12.1 Å². The first kappa shape index (κ1) is 27.0. The summed E-state index contributed by atoms with van der Waals surface area (Å²) in [5.74, 6) is 2.35. The predicted molar refractivity (Wildman–Crippen MR) is 144 cm³/mol. The molecule has 1 saturated heterocycles. The van der Waals surface area contributed by atoms with Crippen molar-refractivity contribution in [1.29, 1.82) is 0 Å². The quantitative estimate of drug-likeness (QED) is 0.358. The van der Waals surface area contributed by atoms with Gasteiger partial charge < -0.3 is 28.6 Å². The third-order valence-electron chi connectivity index (χ3n) is 6.60. The molecule has 0 bridgehead atoms. The van der Waals surface area contributed by atoms with Crippen molar-refractivity contribution in [3.05, 3.63) is 78.1 Å². The first-order valence-electron chi connectivity index (χ1n) is 12.9. The Morgan fingerprint density at radius 3 is 2.46 bits per heavy atom. The lowest BCUT2D eigenvalue weighted by molar-refractivity contribution is 0.0253. The van der Waals surface area contributed by atoms with E-state index < -0.39 is 6.10 Å². The molecule has 2 aromatic carbocycles. The molecule has 1 fully saturated rings. The van der Waals surface area contributed by atoms with Crippen molar-refractivity contribution in [2.45, 2.75) is 19.2 Å². The molecule has 0 amide bonds. The molecule has 1 aliphatic rings. The summed E-state index contributed by atoms with van der Waals surface area (Å²) in [6.07, 6.45) is 1.49. The average Bonchev–Trinajstić information content (AvgIpc) is 3.37. The molecular weight excluding hydrogens is 470 g/mol. The van der Waals surface area contributed by atoms with Crippen LogP contribution in [0.5, 0.6) is 17.2 Å². The van der Waals surface area contributed by atoms with E-state index in [-0.39, 0.29) is 6.61 Å². The monoisotopic (exact) mass is 509 g/mol. The Labute approximate surface area is 219 Å². The molecule has 1 aliphatic heterocycles. The van der Waals surface area contributed by atoms with Gasteiger partial charge in [-0.15, -0.1) is 0 Å². The van der Waals surface area contributed by atoms with Crippen molar-refractivity contribution in [3.8, 4) is 17.2 Å². The fourth-order valence-electron chi connectivity index (χ4n) is 4.50. The number of benzene rings is 2. The van der Waals surface area contributed by atoms with Gasteiger partial charge in [-0.05, 0) is 54.1 Å². The average molecular weight is 510 g/mol. The van der Waals surface area contributed by atoms with Gasteiger partial charge in [0.1, 0.15) is 30.0 Å². The number of aliphatic hydroxyl groups is 1. The molecule has 8 heteroatoms. The van der Waals surface area contributed by atoms with Gasteiger partial charge >= 0.3 is 0 Å². The van der Waals surface area contributed by atoms with Crippen LogP contribution in [0, 0.1) is 0 Å². The molecule has 1 atom stereocenters. The number of hydrogen-bond acceptors (Lipinski definition) is 7. The zero-order chi connectivity index (χ0) is 25.9. The van der Waals surface area contributed by atoms with Crippen molar-refractivity contribution in [2.24, 2.45) is 0 Å². The minimum atomic E-state index is -0.617. The largest absolute Gasteiger partial charge is 0.497 e. The molecule has 3 aromatic rings. The van der Waals surface area contributed by atoms with E-state index in [1.807, 2.05) is 36.4 Å². The Morgan fingerprint density at radius 2 is 1.70 bits per heavy atom. The lowest BCUT2D eigenvalue weighted by Crippen LogP contribution is -2.43. The van der Waals surface area contributed by atoms with Crippen LogP contribution in [0.1, 0.15) is 11.3 Å². The summed E-state index contributed by atoms with van der Waals surface area (Å²) < 4.78 is 24.2. The number of morpholine rings is 1. The summed E-state index contributed by atoms with van der Waals surface area (Å²) in [6.45, 7) is 7.49. The van der Waals surface area contributed by atoms with Crippen molar-refractivity contribution >= 4 is 0 Å². The maximum Gasteiger partial charge on any atom is 0.119 e. The van der Waals surface area contributed by atoms with E-state index in [1.165, 1.54) is 11.3 Å². The van der Waals surface area contributed by atoms with Gasteiger partial charge in [-0.25, -0.2) is 0 Å². The number of rotatable bonds is 14. The van der Waals surface area contributed by atoms with E-state index >= 15 is 0 Å². The van der Waals surface area contributed by atoms with Crippen LogP contribution in [0.15, 0.2) is 66.9 Å². The number of ether oxygens (including phenoxy) is 4. The highest BCUT2D eigenvalue weighted by molar-refractivity contribution is 5.31. The SMILES string of the molecule is COc1ccc(OCC(O)CN(CCN2CCOCC2)Cc2cccn2Cc2cccc(OC)c2)cc1. The van der Waals surface area contributed by atoms with E-state index in [1.54, 1.807) is 14.2 Å². The van der Waals surface area contributed by atoms with E-state index in [0.717, 1.165) is 64.0 Å². The molecule has 4 rings (SSSR count). The molecule has 37 heavy (non-hydrogen) atoms. The Bertz CT molecular complexity index is 1070. The number of methoxy groups -OCH3 is 2. The minimum Gasteiger partial charge on any atom is -0.497 e. The van der Waals surface area contributed by atoms with Gasteiger partial charge in [0, 0.05) is 57.7 Å². The summed E-state index contributed by atoms with van der Waals surface area (Å²) in [4.78, 5) is 4.74. The summed E-state index contributed by atoms with van der Waals surface area (Å²) >= 11 is 0. The molecule has 0 radical (unpaired) electrons. The number of aromatic nitrogens is 1. The van der Waals surface area contributed by atoms with Crippen molar-refractivity contribution in [2.75, 3.05) is 66.8 Å². The van der Waals surface area contributed by atoms with E-state index in [0.29, 0.717) is 12.3 Å². The van der Waals surface area contributed by atoms with Crippen molar-refractivity contribution in [1.82, 2.24) is 14.4 Å². The second-order valence-corrected chi connectivity index (χ2v) is 9.31. The first-order chi connectivity index (χ1) is 18.1. The Balaban J connectivity index is 1.38. The molecule has 8 nitrogen and oxygen atoms in total. The Morgan fingerprint density at radius 1 is 0.946 bits per heavy atom. The summed E-state index contributed by atoms with van der Waals surface area (Å²) in [5.41, 5.74) is 2.39. The van der Waals surface area contributed by atoms with Gasteiger partial charge in [-0.3, -0.25) is 9.80 Å². The second-order valence-electron chi connectivity index (χ2n) is 9.31. The van der Waals surface area contributed by atoms with Gasteiger partial charge in [0.15, 0.2) is 0 Å². The van der Waals surface area contributed by atoms with E-state index in [2.05, 4.69) is 44.8 Å². The van der Waals surface area contributed by atoms with Crippen LogP contribution >= 0.6 is 0 Å². The number of nitrogens with zero attached hydrogens (tertiary/aromatic N) is 3. The molecular formula is C29H39N3O5. The third kappa shape index (κ3) is 8.50. The Hall–Kier alpha value is -3.04. The minimum absolute atomic E-state index is 0.227. The molecule has 2 heterocycles. The molecule has 1 aromatic heterocycles. The molecule has 0 aliphatic carbocycles. The highest BCUT2D eigenvalue weighted by atomic mass is 16.5. The van der Waals surface area contributed by atoms with Gasteiger partial charge in [0.2, 0.25) is 0 Å². The van der Waals surface area contributed by atoms with Crippen LogP contribution in [-0.4, -0.2) is 92.3 Å². The maximum atomic E-state index is 10.9. The predicted octanol–water partition coefficient (Wildman–Crippen LogP) is 3.13. The molecule has 200 valence electrons. The smallest absolute Gasteiger partial charge is 0.119 e. The highest BCUT2D eigenvalue weighted by Crippen LogP contribution is 2.18. The lowest BCUT2D eigenvalue weighted by atomic mass is 10.2. The molecule has 0 saturated carbocycles. The van der Waals surface area contributed by atoms with Crippen LogP contribution < -0.4 is 14.2 Å². The first-order valence-corrected chi connectivity index (χ1v) is 12.9. The zero-order valence-corrected chi connectivity index (χ0v) is 21.9. The summed E-state index contributed by atoms with van der Waals surface area (Å²) in [5, 5.41) is 10.9. The molecule has 1 unspecified atom stereocenters. The molecule has 0 spiro atoms. The number of aliphatic hydroxyl groups excluding tert-OH is 1. The van der Waals surface area contributed by atoms with Crippen LogP contribution in [0.3, 0.4) is 0 Å². The van der Waals surface area contributed by atoms with E-state index in [9.17, 15) is 5.11 Å². The Kier molecular flexibility index (Phi) is 10.3. The number of hydrogen-bond donors (Lipinski definition) is 1. The molecule has 1 N–H and O–H groups in total. The maximum absolute atomic E-state index is 10.9. The van der Waals surface area contributed by atoms with Crippen LogP contribution in [0.4, 0.5) is 0 Å². The topological polar surface area (TPSA) is 68.6 Å². The highest BCUT2D eigenvalue weighted by Gasteiger charge is 2.18. The van der Waals surface area contributed by atoms with Gasteiger partial charge in [0.25, 0.3) is 0 Å². The summed E-state index contributed by atoms with van der Waals surface area (Å²) in [7, 11) is 3.33. The van der Waals surface area contributed by atoms with Crippen LogP contribution in [-0.2, 0) is 17.8 Å². The van der Waals surface area contributed by atoms with Gasteiger partial charge in [-0.2, -0.15) is 0 Å². The van der Waals surface area contributed by atoms with Crippen molar-refractivity contribution < 1.29 is 24.1 Å². The fourth-order valence-corrected chi connectivity index (χ4v) is 4.50. The lowest BCUT2D eigenvalue weighted by Gasteiger charge is -2.31. The zero-order valence-electron chi connectivity index (χ0n) is 21.9. The van der Waals surface area contributed by atoms with Crippen LogP contribution in [0.25, 0.3) is 0 Å². The van der Waals surface area contributed by atoms with Crippen molar-refractivity contribution in [3.63, 3.8) is 0 Å². The van der Waals surface area contributed by atoms with Gasteiger partial charge in [0.05, 0.1) is 27.4 Å². The fraction of sp³-hybridized carbons (Fsp3) is 0.448. The van der Waals surface area contributed by atoms with E-state index in [4.69, 9.17) is 18.9 Å².